The van der Waals surface area contributed by atoms with E-state index in [4.69, 9.17) is 4.74 Å². The van der Waals surface area contributed by atoms with E-state index < -0.39 is 0 Å². The van der Waals surface area contributed by atoms with Crippen molar-refractivity contribution in [3.8, 4) is 0 Å². The van der Waals surface area contributed by atoms with Gasteiger partial charge in [0.05, 0.1) is 6.61 Å². The van der Waals surface area contributed by atoms with Gasteiger partial charge in [-0.25, -0.2) is 4.98 Å². The molecule has 0 unspecified atom stereocenters. The highest BCUT2D eigenvalue weighted by molar-refractivity contribution is 7.09. The summed E-state index contributed by atoms with van der Waals surface area (Å²) in [6.07, 6.45) is 3.01. The predicted octanol–water partition coefficient (Wildman–Crippen LogP) is 2.56. The van der Waals surface area contributed by atoms with E-state index in [1.165, 1.54) is 10.4 Å². The molecule has 2 rings (SSSR count). The minimum absolute atomic E-state index is 0.733. The van der Waals surface area contributed by atoms with Gasteiger partial charge in [0.2, 0.25) is 0 Å². The number of pyridine rings is 1. The van der Waals surface area contributed by atoms with Crippen molar-refractivity contribution in [2.75, 3.05) is 38.8 Å². The van der Waals surface area contributed by atoms with Crippen LogP contribution in [-0.2, 0) is 17.7 Å². The molecule has 2 aromatic rings. The Labute approximate surface area is 130 Å². The van der Waals surface area contributed by atoms with Gasteiger partial charge >= 0.3 is 0 Å². The average molecular weight is 305 g/mol. The second kappa shape index (κ2) is 8.77. The van der Waals surface area contributed by atoms with Gasteiger partial charge in [0.1, 0.15) is 5.82 Å². The van der Waals surface area contributed by atoms with Crippen LogP contribution in [0.2, 0.25) is 0 Å². The molecule has 0 atom stereocenters. The van der Waals surface area contributed by atoms with Crippen LogP contribution in [0.3, 0.4) is 0 Å². The number of hydrogen-bond donors (Lipinski definition) is 1. The summed E-state index contributed by atoms with van der Waals surface area (Å²) in [6, 6.07) is 8.50. The maximum atomic E-state index is 5.00. The SMILES string of the molecule is COCCNCc1ccc(N(C)CCc2cccs2)nc1. The Kier molecular flexibility index (Phi) is 6.66. The number of rotatable bonds is 9. The number of thiophene rings is 1. The minimum atomic E-state index is 0.733. The zero-order chi connectivity index (χ0) is 14.9. The normalized spacial score (nSPS) is 10.8. The van der Waals surface area contributed by atoms with Crippen molar-refractivity contribution in [3.63, 3.8) is 0 Å². The van der Waals surface area contributed by atoms with Crippen molar-refractivity contribution in [1.82, 2.24) is 10.3 Å². The summed E-state index contributed by atoms with van der Waals surface area (Å²) in [5, 5.41) is 5.44. The van der Waals surface area contributed by atoms with Gasteiger partial charge in [-0.15, -0.1) is 11.3 Å². The second-order valence-corrected chi connectivity index (χ2v) is 5.98. The fourth-order valence-corrected chi connectivity index (χ4v) is 2.70. The third-order valence-electron chi connectivity index (χ3n) is 3.29. The maximum absolute atomic E-state index is 5.00. The van der Waals surface area contributed by atoms with Gasteiger partial charge in [0.15, 0.2) is 0 Å². The van der Waals surface area contributed by atoms with E-state index in [2.05, 4.69) is 51.9 Å². The predicted molar refractivity (Wildman–Crippen MR) is 89.1 cm³/mol. The van der Waals surface area contributed by atoms with E-state index in [1.807, 2.05) is 17.5 Å². The lowest BCUT2D eigenvalue weighted by atomic mass is 10.2. The fourth-order valence-electron chi connectivity index (χ4n) is 2.00. The van der Waals surface area contributed by atoms with Gasteiger partial charge in [0.25, 0.3) is 0 Å². The van der Waals surface area contributed by atoms with Gasteiger partial charge < -0.3 is 15.0 Å². The van der Waals surface area contributed by atoms with E-state index in [0.29, 0.717) is 0 Å². The molecule has 1 N–H and O–H groups in total. The Morgan fingerprint density at radius 2 is 2.24 bits per heavy atom. The van der Waals surface area contributed by atoms with Crippen molar-refractivity contribution >= 4 is 17.2 Å². The Bertz CT molecular complexity index is 499. The lowest BCUT2D eigenvalue weighted by molar-refractivity contribution is 0.199. The first-order chi connectivity index (χ1) is 10.3. The molecule has 0 amide bonds. The van der Waals surface area contributed by atoms with Gasteiger partial charge in [0, 0.05) is 44.9 Å². The van der Waals surface area contributed by atoms with Crippen molar-refractivity contribution in [3.05, 3.63) is 46.3 Å². The maximum Gasteiger partial charge on any atom is 0.128 e. The summed E-state index contributed by atoms with van der Waals surface area (Å²) in [6.45, 7) is 3.41. The summed E-state index contributed by atoms with van der Waals surface area (Å²) in [7, 11) is 3.80. The number of nitrogens with one attached hydrogen (secondary N) is 1. The number of methoxy groups -OCH3 is 1. The van der Waals surface area contributed by atoms with Gasteiger partial charge in [-0.3, -0.25) is 0 Å². The topological polar surface area (TPSA) is 37.4 Å². The van der Waals surface area contributed by atoms with E-state index in [-0.39, 0.29) is 0 Å². The highest BCUT2D eigenvalue weighted by Gasteiger charge is 2.03. The molecule has 0 aliphatic heterocycles. The Hall–Kier alpha value is -1.43. The third kappa shape index (κ3) is 5.46. The standard InChI is InChI=1S/C16H23N3OS/c1-19(9-7-15-4-3-11-21-15)16-6-5-14(13-18-16)12-17-8-10-20-2/h3-6,11,13,17H,7-10,12H2,1-2H3. The molecule has 0 saturated carbocycles. The quantitative estimate of drug-likeness (QED) is 0.723. The van der Waals surface area contributed by atoms with Crippen LogP contribution in [0.15, 0.2) is 35.8 Å². The first kappa shape index (κ1) is 15.9. The van der Waals surface area contributed by atoms with Crippen LogP contribution in [0, 0.1) is 0 Å². The summed E-state index contributed by atoms with van der Waals surface area (Å²) in [5.74, 6) is 1.02. The first-order valence-electron chi connectivity index (χ1n) is 7.17. The molecular weight excluding hydrogens is 282 g/mol. The van der Waals surface area contributed by atoms with Crippen molar-refractivity contribution in [1.29, 1.82) is 0 Å². The number of ether oxygens (including phenoxy) is 1. The van der Waals surface area contributed by atoms with Gasteiger partial charge in [-0.2, -0.15) is 0 Å². The molecule has 0 radical (unpaired) electrons. The molecule has 21 heavy (non-hydrogen) atoms. The molecule has 0 bridgehead atoms. The molecular formula is C16H23N3OS. The Balaban J connectivity index is 1.77. The van der Waals surface area contributed by atoms with Crippen LogP contribution >= 0.6 is 11.3 Å². The number of anilines is 1. The van der Waals surface area contributed by atoms with Gasteiger partial charge in [-0.05, 0) is 29.5 Å². The number of nitrogens with zero attached hydrogens (tertiary/aromatic N) is 2. The zero-order valence-corrected chi connectivity index (χ0v) is 13.5. The third-order valence-corrected chi connectivity index (χ3v) is 4.22. The molecule has 0 saturated heterocycles. The Morgan fingerprint density at radius 1 is 1.33 bits per heavy atom. The first-order valence-corrected chi connectivity index (χ1v) is 8.05. The molecule has 0 fully saturated rings. The van der Waals surface area contributed by atoms with E-state index in [9.17, 15) is 0 Å². The lowest BCUT2D eigenvalue weighted by Crippen LogP contribution is -2.21. The lowest BCUT2D eigenvalue weighted by Gasteiger charge is -2.18. The monoisotopic (exact) mass is 305 g/mol. The molecule has 4 nitrogen and oxygen atoms in total. The number of aromatic nitrogens is 1. The second-order valence-electron chi connectivity index (χ2n) is 4.95. The molecule has 2 heterocycles. The van der Waals surface area contributed by atoms with Crippen LogP contribution in [-0.4, -0.2) is 38.8 Å². The van der Waals surface area contributed by atoms with Crippen LogP contribution in [0.4, 0.5) is 5.82 Å². The zero-order valence-electron chi connectivity index (χ0n) is 12.7. The van der Waals surface area contributed by atoms with Crippen molar-refractivity contribution in [2.24, 2.45) is 0 Å². The van der Waals surface area contributed by atoms with E-state index >= 15 is 0 Å². The van der Waals surface area contributed by atoms with E-state index in [1.54, 1.807) is 7.11 Å². The number of likely N-dealkylation sites (N-methyl/N-ethyl adjacent to an activating group) is 1. The Morgan fingerprint density at radius 3 is 2.90 bits per heavy atom. The van der Waals surface area contributed by atoms with Crippen LogP contribution < -0.4 is 10.2 Å². The van der Waals surface area contributed by atoms with Crippen molar-refractivity contribution in [2.45, 2.75) is 13.0 Å². The van der Waals surface area contributed by atoms with Crippen molar-refractivity contribution < 1.29 is 4.74 Å². The average Bonchev–Trinajstić information content (AvgIpc) is 3.03. The summed E-state index contributed by atoms with van der Waals surface area (Å²) in [5.41, 5.74) is 1.20. The minimum Gasteiger partial charge on any atom is -0.383 e. The largest absolute Gasteiger partial charge is 0.383 e. The van der Waals surface area contributed by atoms with Gasteiger partial charge in [-0.1, -0.05) is 12.1 Å². The summed E-state index contributed by atoms with van der Waals surface area (Å²) >= 11 is 1.81. The fraction of sp³-hybridized carbons (Fsp3) is 0.438. The highest BCUT2D eigenvalue weighted by atomic mass is 32.1. The molecule has 0 aliphatic rings. The molecule has 114 valence electrons. The van der Waals surface area contributed by atoms with Crippen LogP contribution in [0.5, 0.6) is 0 Å². The summed E-state index contributed by atoms with van der Waals surface area (Å²) < 4.78 is 5.00. The highest BCUT2D eigenvalue weighted by Crippen LogP contribution is 2.13. The summed E-state index contributed by atoms with van der Waals surface area (Å²) in [4.78, 5) is 8.15. The van der Waals surface area contributed by atoms with Crippen LogP contribution in [0.1, 0.15) is 10.4 Å². The number of hydrogen-bond acceptors (Lipinski definition) is 5. The molecule has 0 aromatic carbocycles. The van der Waals surface area contributed by atoms with Crippen LogP contribution in [0.25, 0.3) is 0 Å². The molecule has 2 aromatic heterocycles. The molecule has 5 heteroatoms. The molecule has 0 aliphatic carbocycles. The molecule has 0 spiro atoms. The smallest absolute Gasteiger partial charge is 0.128 e. The van der Waals surface area contributed by atoms with E-state index in [0.717, 1.165) is 38.5 Å².